The summed E-state index contributed by atoms with van der Waals surface area (Å²) < 4.78 is 51.2. The maximum absolute atomic E-state index is 13.2. The molecule has 0 spiro atoms. The maximum Gasteiger partial charge on any atom is 0.245 e. The van der Waals surface area contributed by atoms with Gasteiger partial charge >= 0.3 is 0 Å². The molecule has 0 saturated heterocycles. The Morgan fingerprint density at radius 3 is 2.50 bits per heavy atom. The lowest BCUT2D eigenvalue weighted by Crippen LogP contribution is -2.27. The van der Waals surface area contributed by atoms with E-state index in [2.05, 4.69) is 9.88 Å². The number of halogens is 1. The molecule has 1 N–H and O–H groups in total. The lowest BCUT2D eigenvalue weighted by Gasteiger charge is -2.16. The van der Waals surface area contributed by atoms with Gasteiger partial charge in [-0.25, -0.2) is 17.5 Å². The van der Waals surface area contributed by atoms with Crippen molar-refractivity contribution in [3.05, 3.63) is 71.3 Å². The van der Waals surface area contributed by atoms with Gasteiger partial charge in [-0.1, -0.05) is 17.3 Å². The van der Waals surface area contributed by atoms with E-state index in [-0.39, 0.29) is 28.9 Å². The summed E-state index contributed by atoms with van der Waals surface area (Å²) in [6.07, 6.45) is 2.00. The van der Waals surface area contributed by atoms with Crippen LogP contribution in [0.5, 0.6) is 0 Å². The van der Waals surface area contributed by atoms with Gasteiger partial charge in [-0.3, -0.25) is 0 Å². The standard InChI is InChI=1S/C18H19FN2O4S/c1-12-18(13(2)25-21-12)26(22,23)20-10-9-16(17-4-3-11-24-17)14-5-7-15(19)8-6-14/h3-8,11,16,20H,9-10H2,1-2H3. The van der Waals surface area contributed by atoms with Crippen LogP contribution in [-0.2, 0) is 10.0 Å². The zero-order valence-corrected chi connectivity index (χ0v) is 15.2. The van der Waals surface area contributed by atoms with E-state index in [9.17, 15) is 12.8 Å². The largest absolute Gasteiger partial charge is 0.469 e. The molecule has 6 nitrogen and oxygen atoms in total. The van der Waals surface area contributed by atoms with Crippen molar-refractivity contribution < 1.29 is 21.7 Å². The normalized spacial score (nSPS) is 13.0. The molecule has 3 rings (SSSR count). The maximum atomic E-state index is 13.2. The molecule has 3 aromatic rings. The Morgan fingerprint density at radius 2 is 1.92 bits per heavy atom. The van der Waals surface area contributed by atoms with Crippen molar-refractivity contribution in [2.45, 2.75) is 31.1 Å². The number of benzene rings is 1. The summed E-state index contributed by atoms with van der Waals surface area (Å²) in [7, 11) is -3.73. The van der Waals surface area contributed by atoms with Crippen LogP contribution >= 0.6 is 0 Å². The molecule has 0 radical (unpaired) electrons. The van der Waals surface area contributed by atoms with Gasteiger partial charge in [0.2, 0.25) is 10.0 Å². The van der Waals surface area contributed by atoms with Crippen LogP contribution in [-0.4, -0.2) is 20.1 Å². The van der Waals surface area contributed by atoms with Gasteiger partial charge < -0.3 is 8.94 Å². The molecule has 26 heavy (non-hydrogen) atoms. The number of aromatic nitrogens is 1. The predicted octanol–water partition coefficient (Wildman–Crippen LogP) is 3.52. The summed E-state index contributed by atoms with van der Waals surface area (Å²) >= 11 is 0. The molecule has 0 aliphatic carbocycles. The third kappa shape index (κ3) is 3.86. The Hall–Kier alpha value is -2.45. The van der Waals surface area contributed by atoms with Gasteiger partial charge in [-0.2, -0.15) is 0 Å². The molecule has 2 aromatic heterocycles. The Kier molecular flexibility index (Phi) is 5.24. The fraction of sp³-hybridized carbons (Fsp3) is 0.278. The lowest BCUT2D eigenvalue weighted by atomic mass is 9.93. The Morgan fingerprint density at radius 1 is 1.19 bits per heavy atom. The minimum Gasteiger partial charge on any atom is -0.469 e. The number of hydrogen-bond donors (Lipinski definition) is 1. The quantitative estimate of drug-likeness (QED) is 0.680. The van der Waals surface area contributed by atoms with Crippen LogP contribution in [0.25, 0.3) is 0 Å². The molecule has 0 bridgehead atoms. The third-order valence-corrected chi connectivity index (χ3v) is 5.83. The molecule has 1 atom stereocenters. The minimum atomic E-state index is -3.73. The first-order valence-corrected chi connectivity index (χ1v) is 9.58. The predicted molar refractivity (Wildman–Crippen MR) is 92.7 cm³/mol. The van der Waals surface area contributed by atoms with Crippen molar-refractivity contribution in [3.8, 4) is 0 Å². The van der Waals surface area contributed by atoms with E-state index in [1.807, 2.05) is 6.07 Å². The van der Waals surface area contributed by atoms with Crippen molar-refractivity contribution in [1.29, 1.82) is 0 Å². The van der Waals surface area contributed by atoms with Gasteiger partial charge in [0.15, 0.2) is 5.76 Å². The summed E-state index contributed by atoms with van der Waals surface area (Å²) in [6, 6.07) is 9.67. The summed E-state index contributed by atoms with van der Waals surface area (Å²) in [5.74, 6) is 0.410. The minimum absolute atomic E-state index is 0.0637. The smallest absolute Gasteiger partial charge is 0.245 e. The van der Waals surface area contributed by atoms with Gasteiger partial charge in [-0.15, -0.1) is 0 Å². The zero-order valence-electron chi connectivity index (χ0n) is 14.4. The van der Waals surface area contributed by atoms with Crippen molar-refractivity contribution in [1.82, 2.24) is 9.88 Å². The van der Waals surface area contributed by atoms with E-state index >= 15 is 0 Å². The van der Waals surface area contributed by atoms with Crippen LogP contribution in [0.15, 0.2) is 56.5 Å². The van der Waals surface area contributed by atoms with Gasteiger partial charge in [0, 0.05) is 12.5 Å². The number of sulfonamides is 1. The van der Waals surface area contributed by atoms with Gasteiger partial charge in [-0.05, 0) is 50.1 Å². The topological polar surface area (TPSA) is 85.3 Å². The number of aryl methyl sites for hydroxylation is 2. The van der Waals surface area contributed by atoms with E-state index < -0.39 is 10.0 Å². The highest BCUT2D eigenvalue weighted by atomic mass is 32.2. The number of nitrogens with one attached hydrogen (secondary N) is 1. The number of hydrogen-bond acceptors (Lipinski definition) is 5. The first-order valence-electron chi connectivity index (χ1n) is 8.10. The Balaban J connectivity index is 1.76. The van der Waals surface area contributed by atoms with E-state index in [1.54, 1.807) is 38.3 Å². The van der Waals surface area contributed by atoms with Gasteiger partial charge in [0.05, 0.1) is 6.26 Å². The van der Waals surface area contributed by atoms with Crippen LogP contribution in [0.4, 0.5) is 4.39 Å². The molecule has 2 heterocycles. The molecule has 0 amide bonds. The molecular formula is C18H19FN2O4S. The lowest BCUT2D eigenvalue weighted by molar-refractivity contribution is 0.390. The van der Waals surface area contributed by atoms with E-state index in [0.717, 1.165) is 5.56 Å². The van der Waals surface area contributed by atoms with Crippen molar-refractivity contribution >= 4 is 10.0 Å². The number of nitrogens with zero attached hydrogens (tertiary/aromatic N) is 1. The van der Waals surface area contributed by atoms with E-state index in [1.165, 1.54) is 12.1 Å². The Labute approximate surface area is 151 Å². The first-order chi connectivity index (χ1) is 12.4. The van der Waals surface area contributed by atoms with Crippen LogP contribution in [0.1, 0.15) is 35.1 Å². The fourth-order valence-electron chi connectivity index (χ4n) is 2.93. The molecule has 138 valence electrons. The molecule has 0 aliphatic heterocycles. The average molecular weight is 378 g/mol. The summed E-state index contributed by atoms with van der Waals surface area (Å²) in [5, 5.41) is 3.68. The monoisotopic (exact) mass is 378 g/mol. The average Bonchev–Trinajstić information content (AvgIpc) is 3.23. The van der Waals surface area contributed by atoms with Crippen LogP contribution in [0.3, 0.4) is 0 Å². The molecule has 1 unspecified atom stereocenters. The second kappa shape index (κ2) is 7.43. The fourth-order valence-corrected chi connectivity index (χ4v) is 4.30. The molecular weight excluding hydrogens is 359 g/mol. The first kappa shape index (κ1) is 18.3. The molecule has 8 heteroatoms. The number of rotatable bonds is 7. The highest BCUT2D eigenvalue weighted by Crippen LogP contribution is 2.28. The number of furan rings is 1. The summed E-state index contributed by atoms with van der Waals surface area (Å²) in [4.78, 5) is 0.0637. The highest BCUT2D eigenvalue weighted by molar-refractivity contribution is 7.89. The van der Waals surface area contributed by atoms with Crippen LogP contribution in [0.2, 0.25) is 0 Å². The summed E-state index contributed by atoms with van der Waals surface area (Å²) in [6.45, 7) is 3.31. The van der Waals surface area contributed by atoms with Crippen LogP contribution < -0.4 is 4.72 Å². The molecule has 0 saturated carbocycles. The van der Waals surface area contributed by atoms with Gasteiger partial charge in [0.25, 0.3) is 0 Å². The van der Waals surface area contributed by atoms with Crippen molar-refractivity contribution in [2.75, 3.05) is 6.54 Å². The molecule has 0 fully saturated rings. The molecule has 1 aromatic carbocycles. The summed E-state index contributed by atoms with van der Waals surface area (Å²) in [5.41, 5.74) is 1.16. The van der Waals surface area contributed by atoms with Crippen LogP contribution in [0, 0.1) is 19.7 Å². The third-order valence-electron chi connectivity index (χ3n) is 4.12. The van der Waals surface area contributed by atoms with Gasteiger partial charge in [0.1, 0.15) is 22.2 Å². The zero-order chi connectivity index (χ0) is 18.7. The Bertz CT molecular complexity index is 944. The van der Waals surface area contributed by atoms with Crippen molar-refractivity contribution in [3.63, 3.8) is 0 Å². The van der Waals surface area contributed by atoms with Crippen molar-refractivity contribution in [2.24, 2.45) is 0 Å². The molecule has 0 aliphatic rings. The highest BCUT2D eigenvalue weighted by Gasteiger charge is 2.25. The second-order valence-corrected chi connectivity index (χ2v) is 7.66. The SMILES string of the molecule is Cc1noc(C)c1S(=O)(=O)NCCC(c1ccc(F)cc1)c1ccco1. The second-order valence-electron chi connectivity index (χ2n) is 5.96. The van der Waals surface area contributed by atoms with E-state index in [4.69, 9.17) is 8.94 Å². The van der Waals surface area contributed by atoms with E-state index in [0.29, 0.717) is 17.9 Å².